The summed E-state index contributed by atoms with van der Waals surface area (Å²) in [5.74, 6) is 0. The van der Waals surface area contributed by atoms with Crippen molar-refractivity contribution in [1.82, 2.24) is 5.32 Å². The summed E-state index contributed by atoms with van der Waals surface area (Å²) in [6.45, 7) is 2.80. The lowest BCUT2D eigenvalue weighted by molar-refractivity contribution is 0.583. The summed E-state index contributed by atoms with van der Waals surface area (Å²) < 4.78 is 0. The fourth-order valence-corrected chi connectivity index (χ4v) is 1.25. The van der Waals surface area contributed by atoms with Crippen LogP contribution in [0.25, 0.3) is 0 Å². The molecule has 0 saturated heterocycles. The van der Waals surface area contributed by atoms with E-state index in [0.29, 0.717) is 6.42 Å². The Hall–Kier alpha value is -0.950. The van der Waals surface area contributed by atoms with Gasteiger partial charge in [0.1, 0.15) is 0 Å². The molecule has 0 spiro atoms. The number of hydrogen-bond acceptors (Lipinski definition) is 3. The van der Waals surface area contributed by atoms with Crippen LogP contribution in [0.3, 0.4) is 0 Å². The Bertz CT molecular complexity index is 319. The van der Waals surface area contributed by atoms with Crippen molar-refractivity contribution in [2.45, 2.75) is 19.4 Å². The van der Waals surface area contributed by atoms with E-state index >= 15 is 0 Å². The molecule has 16 heavy (non-hydrogen) atoms. The Balaban J connectivity index is 0. The van der Waals surface area contributed by atoms with Crippen LogP contribution < -0.4 is 11.1 Å². The molecule has 0 bridgehead atoms. The minimum atomic E-state index is 0. The van der Waals surface area contributed by atoms with E-state index in [4.69, 9.17) is 11.0 Å². The van der Waals surface area contributed by atoms with E-state index < -0.39 is 0 Å². The third-order valence-electron chi connectivity index (χ3n) is 2.12. The molecule has 1 atom stereocenters. The van der Waals surface area contributed by atoms with E-state index in [2.05, 4.69) is 18.3 Å². The molecule has 0 aromatic heterocycles. The maximum Gasteiger partial charge on any atom is 0.0635 e. The van der Waals surface area contributed by atoms with Crippen LogP contribution in [0, 0.1) is 11.3 Å². The molecule has 0 aliphatic heterocycles. The van der Waals surface area contributed by atoms with E-state index in [1.54, 1.807) is 0 Å². The third-order valence-corrected chi connectivity index (χ3v) is 2.12. The fourth-order valence-electron chi connectivity index (χ4n) is 1.25. The van der Waals surface area contributed by atoms with Gasteiger partial charge in [-0.25, -0.2) is 0 Å². The average molecular weight is 262 g/mol. The largest absolute Gasteiger partial charge is 0.399 e. The number of nitrogens with zero attached hydrogens (tertiary/aromatic N) is 1. The monoisotopic (exact) mass is 261 g/mol. The lowest BCUT2D eigenvalue weighted by atomic mass is 10.1. The number of nitrogens with one attached hydrogen (secondary N) is 1. The molecule has 1 rings (SSSR count). The standard InChI is InChI=1S/C11H15N3.2ClH/c1-9(14-8-2-7-12)10-3-5-11(13)6-4-10;;/h3-6,9,14H,2,8,13H2,1H3;2*1H. The van der Waals surface area contributed by atoms with Crippen molar-refractivity contribution in [3.05, 3.63) is 29.8 Å². The van der Waals surface area contributed by atoms with Crippen molar-refractivity contribution in [3.8, 4) is 6.07 Å². The molecule has 0 aliphatic rings. The number of nitrogen functional groups attached to an aromatic ring is 1. The highest BCUT2D eigenvalue weighted by atomic mass is 35.5. The Labute approximate surface area is 109 Å². The first kappa shape index (κ1) is 17.4. The van der Waals surface area contributed by atoms with Crippen LogP contribution in [0.15, 0.2) is 24.3 Å². The molecule has 90 valence electrons. The topological polar surface area (TPSA) is 61.8 Å². The zero-order valence-electron chi connectivity index (χ0n) is 9.14. The van der Waals surface area contributed by atoms with Crippen molar-refractivity contribution in [1.29, 1.82) is 5.26 Å². The van der Waals surface area contributed by atoms with E-state index in [9.17, 15) is 0 Å². The summed E-state index contributed by atoms with van der Waals surface area (Å²) in [5, 5.41) is 11.6. The summed E-state index contributed by atoms with van der Waals surface area (Å²) in [6.07, 6.45) is 0.541. The van der Waals surface area contributed by atoms with Gasteiger partial charge in [-0.2, -0.15) is 5.26 Å². The molecular formula is C11H17Cl2N3. The Morgan fingerprint density at radius 2 is 1.88 bits per heavy atom. The second kappa shape index (κ2) is 9.29. The summed E-state index contributed by atoms with van der Waals surface area (Å²) in [4.78, 5) is 0. The van der Waals surface area contributed by atoms with Crippen LogP contribution >= 0.6 is 24.8 Å². The Morgan fingerprint density at radius 3 is 2.38 bits per heavy atom. The van der Waals surface area contributed by atoms with Crippen molar-refractivity contribution < 1.29 is 0 Å². The minimum absolute atomic E-state index is 0. The van der Waals surface area contributed by atoms with Crippen molar-refractivity contribution in [2.24, 2.45) is 0 Å². The van der Waals surface area contributed by atoms with Crippen molar-refractivity contribution >= 4 is 30.5 Å². The van der Waals surface area contributed by atoms with Crippen molar-refractivity contribution in [2.75, 3.05) is 12.3 Å². The first-order valence-corrected chi connectivity index (χ1v) is 4.70. The van der Waals surface area contributed by atoms with Gasteiger partial charge in [0.25, 0.3) is 0 Å². The molecule has 1 aromatic carbocycles. The number of rotatable bonds is 4. The highest BCUT2D eigenvalue weighted by Crippen LogP contribution is 2.13. The molecule has 0 heterocycles. The number of anilines is 1. The van der Waals surface area contributed by atoms with Crippen LogP contribution in [0.4, 0.5) is 5.69 Å². The van der Waals surface area contributed by atoms with Gasteiger partial charge < -0.3 is 11.1 Å². The van der Waals surface area contributed by atoms with Crippen molar-refractivity contribution in [3.63, 3.8) is 0 Å². The van der Waals surface area contributed by atoms with Crippen LogP contribution in [0.2, 0.25) is 0 Å². The minimum Gasteiger partial charge on any atom is -0.399 e. The lowest BCUT2D eigenvalue weighted by Gasteiger charge is -2.12. The average Bonchev–Trinajstić information content (AvgIpc) is 2.19. The Morgan fingerprint density at radius 1 is 1.31 bits per heavy atom. The lowest BCUT2D eigenvalue weighted by Crippen LogP contribution is -2.19. The predicted molar refractivity (Wildman–Crippen MR) is 72.0 cm³/mol. The molecule has 0 fully saturated rings. The van der Waals surface area contributed by atoms with E-state index in [1.165, 1.54) is 5.56 Å². The zero-order valence-corrected chi connectivity index (χ0v) is 10.8. The first-order chi connectivity index (χ1) is 6.74. The fraction of sp³-hybridized carbons (Fsp3) is 0.364. The van der Waals surface area contributed by atoms with Gasteiger partial charge in [0.2, 0.25) is 0 Å². The maximum absolute atomic E-state index is 8.38. The molecule has 0 radical (unpaired) electrons. The first-order valence-electron chi connectivity index (χ1n) is 4.70. The quantitative estimate of drug-likeness (QED) is 0.647. The van der Waals surface area contributed by atoms with Crippen LogP contribution in [0.5, 0.6) is 0 Å². The van der Waals surface area contributed by atoms with Gasteiger partial charge in [0, 0.05) is 24.7 Å². The normalized spacial score (nSPS) is 10.5. The summed E-state index contributed by atoms with van der Waals surface area (Å²) in [7, 11) is 0. The van der Waals surface area contributed by atoms with Gasteiger partial charge in [-0.3, -0.25) is 0 Å². The van der Waals surface area contributed by atoms with Gasteiger partial charge in [0.05, 0.1) is 6.07 Å². The molecule has 0 saturated carbocycles. The predicted octanol–water partition coefficient (Wildman–Crippen LogP) is 2.68. The SMILES string of the molecule is CC(NCCC#N)c1ccc(N)cc1.Cl.Cl. The third kappa shape index (κ3) is 5.82. The molecule has 3 nitrogen and oxygen atoms in total. The number of halogens is 2. The summed E-state index contributed by atoms with van der Waals surface area (Å²) in [6, 6.07) is 10.1. The van der Waals surface area contributed by atoms with Gasteiger partial charge in [-0.1, -0.05) is 12.1 Å². The molecule has 1 unspecified atom stereocenters. The van der Waals surface area contributed by atoms with Gasteiger partial charge in [-0.05, 0) is 24.6 Å². The van der Waals surface area contributed by atoms with Gasteiger partial charge >= 0.3 is 0 Å². The van der Waals surface area contributed by atoms with E-state index in [0.717, 1.165) is 12.2 Å². The number of benzene rings is 1. The van der Waals surface area contributed by atoms with Crippen LogP contribution in [-0.4, -0.2) is 6.54 Å². The van der Waals surface area contributed by atoms with E-state index in [-0.39, 0.29) is 30.9 Å². The summed E-state index contributed by atoms with van der Waals surface area (Å²) in [5.41, 5.74) is 7.55. The highest BCUT2D eigenvalue weighted by molar-refractivity contribution is 5.85. The van der Waals surface area contributed by atoms with Gasteiger partial charge in [-0.15, -0.1) is 24.8 Å². The smallest absolute Gasteiger partial charge is 0.0635 e. The second-order valence-corrected chi connectivity index (χ2v) is 3.25. The molecule has 0 amide bonds. The maximum atomic E-state index is 8.38. The molecule has 1 aromatic rings. The Kier molecular flexibility index (Phi) is 10.1. The second-order valence-electron chi connectivity index (χ2n) is 3.25. The summed E-state index contributed by atoms with van der Waals surface area (Å²) >= 11 is 0. The van der Waals surface area contributed by atoms with Crippen LogP contribution in [0.1, 0.15) is 24.9 Å². The number of hydrogen-bond donors (Lipinski definition) is 2. The molecule has 3 N–H and O–H groups in total. The number of nitriles is 1. The molecular weight excluding hydrogens is 245 g/mol. The molecule has 0 aliphatic carbocycles. The van der Waals surface area contributed by atoms with Crippen LogP contribution in [-0.2, 0) is 0 Å². The van der Waals surface area contributed by atoms with E-state index in [1.807, 2.05) is 24.3 Å². The van der Waals surface area contributed by atoms with Gasteiger partial charge in [0.15, 0.2) is 0 Å². The zero-order chi connectivity index (χ0) is 10.4. The highest BCUT2D eigenvalue weighted by Gasteiger charge is 2.02. The number of nitrogens with two attached hydrogens (primary N) is 1. The molecule has 5 heteroatoms.